The van der Waals surface area contributed by atoms with Crippen LogP contribution in [0.2, 0.25) is 0 Å². The number of carbonyl (C=O) groups is 1. The number of amides is 1. The zero-order valence-electron chi connectivity index (χ0n) is 6.36. The van der Waals surface area contributed by atoms with E-state index in [1.807, 2.05) is 0 Å². The van der Waals surface area contributed by atoms with Crippen LogP contribution in [0.15, 0.2) is 0 Å². The predicted octanol–water partition coefficient (Wildman–Crippen LogP) is 0.511. The number of carboxylic acid groups (broad SMARTS) is 1. The molecule has 1 atom stereocenters. The predicted molar refractivity (Wildman–Crippen MR) is 39.5 cm³/mol. The highest BCUT2D eigenvalue weighted by molar-refractivity contribution is 5.65. The van der Waals surface area contributed by atoms with Gasteiger partial charge in [0, 0.05) is 19.2 Å². The second-order valence-electron chi connectivity index (χ2n) is 2.78. The molecule has 0 aromatic rings. The van der Waals surface area contributed by atoms with Crippen molar-refractivity contribution >= 4 is 6.09 Å². The van der Waals surface area contributed by atoms with Gasteiger partial charge in [0.2, 0.25) is 0 Å². The lowest BCUT2D eigenvalue weighted by atomic mass is 10.1. The number of rotatable bonds is 2. The summed E-state index contributed by atoms with van der Waals surface area (Å²) in [5.74, 6) is 0. The van der Waals surface area contributed by atoms with Gasteiger partial charge in [-0.25, -0.2) is 4.79 Å². The molecule has 64 valence electrons. The first-order valence-electron chi connectivity index (χ1n) is 3.86. The third-order valence-electron chi connectivity index (χ3n) is 2.09. The monoisotopic (exact) mass is 159 g/mol. The van der Waals surface area contributed by atoms with E-state index in [0.29, 0.717) is 13.0 Å². The molecule has 0 unspecified atom stereocenters. The molecule has 0 saturated carbocycles. The molecule has 0 bridgehead atoms. The van der Waals surface area contributed by atoms with Crippen molar-refractivity contribution in [1.29, 1.82) is 0 Å². The Morgan fingerprint density at radius 1 is 1.64 bits per heavy atom. The fourth-order valence-corrected chi connectivity index (χ4v) is 1.54. The van der Waals surface area contributed by atoms with Gasteiger partial charge in [-0.1, -0.05) is 0 Å². The Morgan fingerprint density at radius 2 is 2.36 bits per heavy atom. The second-order valence-corrected chi connectivity index (χ2v) is 2.78. The lowest BCUT2D eigenvalue weighted by molar-refractivity contribution is 0.132. The molecule has 1 aliphatic rings. The van der Waals surface area contributed by atoms with Gasteiger partial charge in [-0.2, -0.15) is 0 Å². The maximum absolute atomic E-state index is 10.5. The minimum atomic E-state index is -0.860. The molecule has 1 aliphatic heterocycles. The molecule has 0 aromatic heterocycles. The average molecular weight is 159 g/mol. The number of hydrogen-bond donors (Lipinski definition) is 2. The zero-order chi connectivity index (χ0) is 8.27. The van der Waals surface area contributed by atoms with Crippen molar-refractivity contribution in [3.05, 3.63) is 0 Å². The van der Waals surface area contributed by atoms with E-state index in [0.717, 1.165) is 12.8 Å². The van der Waals surface area contributed by atoms with E-state index in [1.54, 1.807) is 0 Å². The van der Waals surface area contributed by atoms with E-state index in [4.69, 9.17) is 10.2 Å². The fraction of sp³-hybridized carbons (Fsp3) is 0.857. The first-order valence-corrected chi connectivity index (χ1v) is 3.86. The van der Waals surface area contributed by atoms with E-state index in [2.05, 4.69) is 0 Å². The van der Waals surface area contributed by atoms with Crippen LogP contribution in [0.4, 0.5) is 4.79 Å². The quantitative estimate of drug-likeness (QED) is 0.617. The molecule has 1 saturated heterocycles. The third-order valence-corrected chi connectivity index (χ3v) is 2.09. The van der Waals surface area contributed by atoms with Crippen molar-refractivity contribution in [1.82, 2.24) is 4.90 Å². The average Bonchev–Trinajstić information content (AvgIpc) is 2.36. The molecule has 2 N–H and O–H groups in total. The lowest BCUT2D eigenvalue weighted by Crippen LogP contribution is -2.34. The van der Waals surface area contributed by atoms with Gasteiger partial charge in [0.15, 0.2) is 0 Å². The molecule has 0 aliphatic carbocycles. The molecular weight excluding hydrogens is 146 g/mol. The molecule has 0 aromatic carbocycles. The molecule has 1 fully saturated rings. The molecule has 0 spiro atoms. The van der Waals surface area contributed by atoms with Crippen LogP contribution in [-0.2, 0) is 0 Å². The summed E-state index contributed by atoms with van der Waals surface area (Å²) < 4.78 is 0. The van der Waals surface area contributed by atoms with Gasteiger partial charge in [-0.05, 0) is 19.3 Å². The van der Waals surface area contributed by atoms with Gasteiger partial charge >= 0.3 is 6.09 Å². The molecule has 4 nitrogen and oxygen atoms in total. The molecule has 4 heteroatoms. The Labute approximate surface area is 65.4 Å². The Bertz CT molecular complexity index is 149. The third kappa shape index (κ3) is 1.83. The highest BCUT2D eigenvalue weighted by atomic mass is 16.4. The van der Waals surface area contributed by atoms with Gasteiger partial charge in [-0.15, -0.1) is 0 Å². The first-order chi connectivity index (χ1) is 5.25. The van der Waals surface area contributed by atoms with E-state index in [1.165, 1.54) is 4.90 Å². The van der Waals surface area contributed by atoms with Gasteiger partial charge < -0.3 is 15.1 Å². The largest absolute Gasteiger partial charge is 0.465 e. The SMILES string of the molecule is O=C(O)N1CCC[C@H]1CCO. The molecular formula is C7H13NO3. The van der Waals surface area contributed by atoms with Crippen molar-refractivity contribution in [3.8, 4) is 0 Å². The Morgan fingerprint density at radius 3 is 2.91 bits per heavy atom. The Hall–Kier alpha value is -0.770. The minimum absolute atomic E-state index is 0.0532. The van der Waals surface area contributed by atoms with Crippen molar-refractivity contribution in [3.63, 3.8) is 0 Å². The standard InChI is InChI=1S/C7H13NO3/c9-5-3-6-2-1-4-8(6)7(10)11/h6,9H,1-5H2,(H,10,11)/t6-/m0/s1. The maximum Gasteiger partial charge on any atom is 0.407 e. The summed E-state index contributed by atoms with van der Waals surface area (Å²) in [6, 6.07) is 0.0532. The van der Waals surface area contributed by atoms with Crippen LogP contribution in [-0.4, -0.2) is 40.4 Å². The summed E-state index contributed by atoms with van der Waals surface area (Å²) >= 11 is 0. The number of hydrogen-bond acceptors (Lipinski definition) is 2. The van der Waals surface area contributed by atoms with Gasteiger partial charge in [0.05, 0.1) is 0 Å². The normalized spacial score (nSPS) is 24.1. The minimum Gasteiger partial charge on any atom is -0.465 e. The highest BCUT2D eigenvalue weighted by Gasteiger charge is 2.27. The smallest absolute Gasteiger partial charge is 0.407 e. The number of aliphatic hydroxyl groups excluding tert-OH is 1. The maximum atomic E-state index is 10.5. The second kappa shape index (κ2) is 3.57. The van der Waals surface area contributed by atoms with Crippen LogP contribution >= 0.6 is 0 Å². The van der Waals surface area contributed by atoms with E-state index < -0.39 is 6.09 Å². The van der Waals surface area contributed by atoms with Crippen molar-refractivity contribution in [2.24, 2.45) is 0 Å². The van der Waals surface area contributed by atoms with Crippen LogP contribution in [0.5, 0.6) is 0 Å². The summed E-state index contributed by atoms with van der Waals surface area (Å²) in [6.07, 6.45) is 1.54. The number of likely N-dealkylation sites (tertiary alicyclic amines) is 1. The van der Waals surface area contributed by atoms with Crippen molar-refractivity contribution < 1.29 is 15.0 Å². The number of nitrogens with zero attached hydrogens (tertiary/aromatic N) is 1. The zero-order valence-corrected chi connectivity index (χ0v) is 6.36. The van der Waals surface area contributed by atoms with Gasteiger partial charge in [0.25, 0.3) is 0 Å². The van der Waals surface area contributed by atoms with E-state index in [-0.39, 0.29) is 12.6 Å². The van der Waals surface area contributed by atoms with Crippen molar-refractivity contribution in [2.45, 2.75) is 25.3 Å². The summed E-state index contributed by atoms with van der Waals surface area (Å²) in [7, 11) is 0. The van der Waals surface area contributed by atoms with E-state index in [9.17, 15) is 4.79 Å². The molecule has 11 heavy (non-hydrogen) atoms. The molecule has 1 heterocycles. The van der Waals surface area contributed by atoms with Gasteiger partial charge in [0.1, 0.15) is 0 Å². The molecule has 1 rings (SSSR count). The summed E-state index contributed by atoms with van der Waals surface area (Å²) in [6.45, 7) is 0.703. The van der Waals surface area contributed by atoms with E-state index >= 15 is 0 Å². The Balaban J connectivity index is 2.44. The fourth-order valence-electron chi connectivity index (χ4n) is 1.54. The summed E-state index contributed by atoms with van der Waals surface area (Å²) in [4.78, 5) is 11.9. The Kier molecular flexibility index (Phi) is 2.70. The summed E-state index contributed by atoms with van der Waals surface area (Å²) in [5, 5.41) is 17.3. The molecule has 1 amide bonds. The van der Waals surface area contributed by atoms with Crippen LogP contribution in [0.1, 0.15) is 19.3 Å². The number of aliphatic hydroxyl groups is 1. The highest BCUT2D eigenvalue weighted by Crippen LogP contribution is 2.19. The lowest BCUT2D eigenvalue weighted by Gasteiger charge is -2.19. The first kappa shape index (κ1) is 8.33. The van der Waals surface area contributed by atoms with Crippen LogP contribution in [0.25, 0.3) is 0 Å². The van der Waals surface area contributed by atoms with Gasteiger partial charge in [-0.3, -0.25) is 0 Å². The van der Waals surface area contributed by atoms with Crippen LogP contribution < -0.4 is 0 Å². The molecule has 0 radical (unpaired) electrons. The summed E-state index contributed by atoms with van der Waals surface area (Å²) in [5.41, 5.74) is 0. The van der Waals surface area contributed by atoms with Crippen LogP contribution in [0, 0.1) is 0 Å². The van der Waals surface area contributed by atoms with Crippen LogP contribution in [0.3, 0.4) is 0 Å². The topological polar surface area (TPSA) is 60.8 Å². The van der Waals surface area contributed by atoms with Crippen molar-refractivity contribution in [2.75, 3.05) is 13.2 Å².